The molecule has 0 aliphatic heterocycles. The molecule has 0 radical (unpaired) electrons. The van der Waals surface area contributed by atoms with E-state index in [1.165, 1.54) is 0 Å². The summed E-state index contributed by atoms with van der Waals surface area (Å²) in [5, 5.41) is 44.8. The van der Waals surface area contributed by atoms with Gasteiger partial charge < -0.3 is 0 Å². The van der Waals surface area contributed by atoms with Gasteiger partial charge in [0.1, 0.15) is 12.8 Å². The maximum absolute atomic E-state index is 11.2. The Kier molecular flexibility index (Phi) is 8.97. The molecule has 0 aromatic rings. The highest BCUT2D eigenvalue weighted by molar-refractivity contribution is 5.33. The maximum atomic E-state index is 11.2. The predicted octanol–water partition coefficient (Wildman–Crippen LogP) is 0.108. The first-order chi connectivity index (χ1) is 12.6. The fraction of sp³-hybridized carbons (Fsp3) is 0.818. The molecule has 0 amide bonds. The summed E-state index contributed by atoms with van der Waals surface area (Å²) in [4.78, 5) is 65.9. The average Bonchev–Trinajstić information content (AvgIpc) is 2.58. The molecule has 0 aromatic heterocycles. The Morgan fingerprint density at radius 2 is 0.926 bits per heavy atom. The van der Waals surface area contributed by atoms with Crippen molar-refractivity contribution in [3.8, 4) is 0 Å². The molecule has 27 heavy (non-hydrogen) atoms. The van der Waals surface area contributed by atoms with Gasteiger partial charge >= 0.3 is 11.3 Å². The van der Waals surface area contributed by atoms with E-state index in [4.69, 9.17) is 0 Å². The van der Waals surface area contributed by atoms with Gasteiger partial charge in [0.25, 0.3) is 0 Å². The first kappa shape index (κ1) is 23.4. The second-order valence-corrected chi connectivity index (χ2v) is 5.29. The zero-order valence-corrected chi connectivity index (χ0v) is 13.7. The van der Waals surface area contributed by atoms with Crippen molar-refractivity contribution in [3.63, 3.8) is 0 Å². The highest BCUT2D eigenvalue weighted by Gasteiger charge is 2.59. The van der Waals surface area contributed by atoms with E-state index in [0.717, 1.165) is 12.2 Å². The number of rotatable bonds is 14. The van der Waals surface area contributed by atoms with Gasteiger partial charge in [-0.15, -0.1) is 0 Å². The molecule has 148 valence electrons. The molecule has 0 aromatic carbocycles. The van der Waals surface area contributed by atoms with Gasteiger partial charge in [-0.25, -0.2) is 19.6 Å². The van der Waals surface area contributed by atoms with Crippen LogP contribution in [0.1, 0.15) is 32.1 Å². The van der Waals surface area contributed by atoms with Crippen LogP contribution in [0.3, 0.4) is 0 Å². The second-order valence-electron chi connectivity index (χ2n) is 5.29. The fourth-order valence-electron chi connectivity index (χ4n) is 2.33. The summed E-state index contributed by atoms with van der Waals surface area (Å²) in [7, 11) is 0. The number of carbonyl (C=O) groups excluding carboxylic acids is 2. The van der Waals surface area contributed by atoms with Crippen molar-refractivity contribution < 1.29 is 29.3 Å². The Morgan fingerprint density at radius 3 is 1.15 bits per heavy atom. The Balaban J connectivity index is 5.53. The van der Waals surface area contributed by atoms with Crippen molar-refractivity contribution in [2.75, 3.05) is 13.1 Å². The third-order valence-electron chi connectivity index (χ3n) is 3.89. The first-order valence-corrected chi connectivity index (χ1v) is 7.26. The Morgan fingerprint density at radius 1 is 0.630 bits per heavy atom. The standard InChI is InChI=1S/C11H14N6O10/c18-8-12-6-4-10(14(20)21,15(22)23)2-1-3-11(16(24)25,17(26)27)5-7-13-9-19/h1-7H2. The van der Waals surface area contributed by atoms with E-state index in [9.17, 15) is 50.0 Å². The molecule has 0 N–H and O–H groups in total. The summed E-state index contributed by atoms with van der Waals surface area (Å²) in [5.41, 5.74) is -5.64. The third-order valence-corrected chi connectivity index (χ3v) is 3.89. The molecular weight excluding hydrogens is 376 g/mol. The monoisotopic (exact) mass is 390 g/mol. The normalized spacial score (nSPS) is 11.0. The number of hydrogen-bond donors (Lipinski definition) is 0. The van der Waals surface area contributed by atoms with E-state index in [0.29, 0.717) is 0 Å². The summed E-state index contributed by atoms with van der Waals surface area (Å²) in [6.45, 7) is -1.18. The van der Waals surface area contributed by atoms with Gasteiger partial charge in [0.05, 0.1) is 45.6 Å². The van der Waals surface area contributed by atoms with E-state index >= 15 is 0 Å². The van der Waals surface area contributed by atoms with Crippen LogP contribution >= 0.6 is 0 Å². The summed E-state index contributed by atoms with van der Waals surface area (Å²) < 4.78 is 0. The molecule has 0 fully saturated rings. The van der Waals surface area contributed by atoms with E-state index in [-0.39, 0.29) is 0 Å². The molecule has 0 spiro atoms. The van der Waals surface area contributed by atoms with Crippen LogP contribution in [-0.2, 0) is 9.59 Å². The molecule has 0 heterocycles. The van der Waals surface area contributed by atoms with Crippen molar-refractivity contribution in [2.45, 2.75) is 43.4 Å². The van der Waals surface area contributed by atoms with Gasteiger partial charge in [-0.05, 0) is 6.42 Å². The molecule has 0 unspecified atom stereocenters. The predicted molar refractivity (Wildman–Crippen MR) is 82.5 cm³/mol. The SMILES string of the molecule is O=C=NCCC(CCCC(CCN=C=O)([N+](=O)[O-])[N+](=O)[O-])([N+](=O)[O-])[N+](=O)[O-]. The van der Waals surface area contributed by atoms with Crippen molar-refractivity contribution >= 4 is 12.2 Å². The minimum atomic E-state index is -2.82. The smallest absolute Gasteiger partial charge is 0.258 e. The van der Waals surface area contributed by atoms with Crippen LogP contribution < -0.4 is 0 Å². The molecular formula is C11H14N6O10. The van der Waals surface area contributed by atoms with E-state index in [1.807, 2.05) is 0 Å². The minimum absolute atomic E-state index is 0.588. The van der Waals surface area contributed by atoms with Crippen LogP contribution in [-0.4, -0.2) is 56.3 Å². The van der Waals surface area contributed by atoms with Gasteiger partial charge in [-0.3, -0.25) is 40.5 Å². The van der Waals surface area contributed by atoms with Gasteiger partial charge in [-0.1, -0.05) is 0 Å². The lowest BCUT2D eigenvalue weighted by Crippen LogP contribution is -2.49. The highest BCUT2D eigenvalue weighted by atomic mass is 16.7. The largest absolute Gasteiger partial charge is 0.460 e. The first-order valence-electron chi connectivity index (χ1n) is 7.26. The summed E-state index contributed by atoms with van der Waals surface area (Å²) in [6, 6.07) is 0. The third kappa shape index (κ3) is 5.69. The van der Waals surface area contributed by atoms with Crippen LogP contribution in [0.5, 0.6) is 0 Å². The molecule has 0 bridgehead atoms. The summed E-state index contributed by atoms with van der Waals surface area (Å²) in [5.74, 6) is 0. The van der Waals surface area contributed by atoms with Gasteiger partial charge in [0.2, 0.25) is 12.2 Å². The molecule has 0 saturated heterocycles. The highest BCUT2D eigenvalue weighted by Crippen LogP contribution is 2.29. The Bertz CT molecular complexity index is 610. The number of aliphatic imine (C=N–C) groups is 2. The van der Waals surface area contributed by atoms with Crippen LogP contribution in [0.4, 0.5) is 0 Å². The zero-order chi connectivity index (χ0) is 21.1. The van der Waals surface area contributed by atoms with Crippen LogP contribution in [0.15, 0.2) is 9.98 Å². The van der Waals surface area contributed by atoms with E-state index < -0.39 is 76.2 Å². The molecule has 0 rings (SSSR count). The van der Waals surface area contributed by atoms with Crippen molar-refractivity contribution in [1.29, 1.82) is 0 Å². The average molecular weight is 390 g/mol. The number of nitrogens with zero attached hydrogens (tertiary/aromatic N) is 6. The summed E-state index contributed by atoms with van der Waals surface area (Å²) >= 11 is 0. The fourth-order valence-corrected chi connectivity index (χ4v) is 2.33. The quantitative estimate of drug-likeness (QED) is 0.127. The lowest BCUT2D eigenvalue weighted by atomic mass is 9.94. The number of nitro groups is 4. The molecule has 0 saturated carbocycles. The second kappa shape index (κ2) is 10.4. The number of hydrogen-bond acceptors (Lipinski definition) is 12. The lowest BCUT2D eigenvalue weighted by molar-refractivity contribution is -0.804. The van der Waals surface area contributed by atoms with Gasteiger partial charge in [0.15, 0.2) is 0 Å². The Labute approximate surface area is 149 Å². The van der Waals surface area contributed by atoms with E-state index in [2.05, 4.69) is 9.98 Å². The molecule has 16 nitrogen and oxygen atoms in total. The number of isocyanates is 2. The summed E-state index contributed by atoms with van der Waals surface area (Å²) in [6.07, 6.45) is -1.85. The van der Waals surface area contributed by atoms with Crippen molar-refractivity contribution in [2.24, 2.45) is 9.98 Å². The zero-order valence-electron chi connectivity index (χ0n) is 13.7. The topological polar surface area (TPSA) is 231 Å². The van der Waals surface area contributed by atoms with Gasteiger partial charge in [0, 0.05) is 0 Å². The van der Waals surface area contributed by atoms with Crippen LogP contribution in [0.25, 0.3) is 0 Å². The van der Waals surface area contributed by atoms with Gasteiger partial charge in [-0.2, -0.15) is 0 Å². The maximum Gasteiger partial charge on any atom is 0.460 e. The lowest BCUT2D eigenvalue weighted by Gasteiger charge is -2.19. The van der Waals surface area contributed by atoms with Crippen molar-refractivity contribution in [1.82, 2.24) is 0 Å². The van der Waals surface area contributed by atoms with Crippen LogP contribution in [0.2, 0.25) is 0 Å². The van der Waals surface area contributed by atoms with Crippen molar-refractivity contribution in [3.05, 3.63) is 40.5 Å². The van der Waals surface area contributed by atoms with Crippen LogP contribution in [0, 0.1) is 40.5 Å². The molecule has 16 heteroatoms. The minimum Gasteiger partial charge on any atom is -0.258 e. The Hall–Kier alpha value is -3.64. The molecule has 0 aliphatic rings. The molecule has 0 atom stereocenters. The van der Waals surface area contributed by atoms with E-state index in [1.54, 1.807) is 0 Å². The molecule has 0 aliphatic carbocycles.